The molecule has 0 bridgehead atoms. The number of nitrogens with one attached hydrogen (secondary N) is 3. The van der Waals surface area contributed by atoms with Crippen molar-refractivity contribution in [3.8, 4) is 17.2 Å². The fraction of sp³-hybridized carbons (Fsp3) is 0.346. The van der Waals surface area contributed by atoms with Crippen LogP contribution < -0.4 is 30.2 Å². The highest BCUT2D eigenvalue weighted by atomic mass is 16.5. The Morgan fingerprint density at radius 3 is 1.25 bits per heavy atom. The molecule has 24 heteroatoms. The van der Waals surface area contributed by atoms with Gasteiger partial charge in [0.2, 0.25) is 35.4 Å². The Hall–Kier alpha value is -11.0. The van der Waals surface area contributed by atoms with E-state index in [1.807, 2.05) is 0 Å². The molecule has 0 spiro atoms. The number of morpholine rings is 3. The van der Waals surface area contributed by atoms with E-state index in [0.29, 0.717) is 109 Å². The summed E-state index contributed by atoms with van der Waals surface area (Å²) < 4.78 is 135. The van der Waals surface area contributed by atoms with Gasteiger partial charge in [-0.2, -0.15) is 0 Å². The number of carbonyl (C=O) groups is 9. The summed E-state index contributed by atoms with van der Waals surface area (Å²) in [6.07, 6.45) is 3.07. The summed E-state index contributed by atoms with van der Waals surface area (Å²) in [7, 11) is 0. The van der Waals surface area contributed by atoms with Gasteiger partial charge in [0.15, 0.2) is 0 Å². The lowest BCUT2D eigenvalue weighted by Crippen LogP contribution is -2.49. The van der Waals surface area contributed by atoms with Crippen molar-refractivity contribution in [2.75, 3.05) is 59.3 Å². The summed E-state index contributed by atoms with van der Waals surface area (Å²) in [5.74, 6) is -2.25. The second kappa shape index (κ2) is 31.3. The second-order valence-corrected chi connectivity index (χ2v) is 25.2. The normalized spacial score (nSPS) is 23.2. The van der Waals surface area contributed by atoms with E-state index in [-0.39, 0.29) is 188 Å². The van der Waals surface area contributed by atoms with Crippen molar-refractivity contribution < 1.29 is 88.0 Å². The molecule has 0 aliphatic carbocycles. The predicted octanol–water partition coefficient (Wildman–Crippen LogP) is 7.12. The Morgan fingerprint density at radius 1 is 0.431 bits per heavy atom. The van der Waals surface area contributed by atoms with E-state index in [1.165, 1.54) is 73.0 Å². The van der Waals surface area contributed by atoms with Crippen molar-refractivity contribution in [1.82, 2.24) is 45.3 Å². The van der Waals surface area contributed by atoms with Crippen LogP contribution >= 0.6 is 0 Å². The number of hydrogen-bond acceptors (Lipinski definition) is 15. The molecule has 6 aromatic carbocycles. The first kappa shape index (κ1) is 55.8. The number of benzene rings is 6. The van der Waals surface area contributed by atoms with Gasteiger partial charge in [0.25, 0.3) is 17.7 Å². The van der Waals surface area contributed by atoms with Crippen LogP contribution in [0.4, 0.5) is 0 Å². The highest BCUT2D eigenvalue weighted by molar-refractivity contribution is 6.04. The Balaban J connectivity index is 0.000000149. The van der Waals surface area contributed by atoms with Crippen LogP contribution in [0, 0.1) is 0 Å². The number of hydrogen-bond donors (Lipinski definition) is 3. The van der Waals surface area contributed by atoms with E-state index in [2.05, 4.69) is 35.7 Å². The van der Waals surface area contributed by atoms with Crippen molar-refractivity contribution in [1.29, 1.82) is 0 Å². The van der Waals surface area contributed by atoms with Crippen molar-refractivity contribution in [3.63, 3.8) is 0 Å². The molecule has 0 saturated carbocycles. The number of rotatable bonds is 18. The Kier molecular flexibility index (Phi) is 17.1. The molecule has 24 nitrogen and oxygen atoms in total. The zero-order chi connectivity index (χ0) is 81.6. The Morgan fingerprint density at radius 2 is 0.814 bits per heavy atom. The molecule has 15 rings (SSSR count). The van der Waals surface area contributed by atoms with Crippen LogP contribution in [0.5, 0.6) is 17.2 Å². The first-order chi connectivity index (χ1) is 54.2. The fourth-order valence-corrected chi connectivity index (χ4v) is 12.8. The average molecular weight is 1400 g/mol. The minimum absolute atomic E-state index is 0.0156. The maximum atomic E-state index is 13.1. The van der Waals surface area contributed by atoms with Gasteiger partial charge in [0.05, 0.1) is 55.9 Å². The third-order valence-electron chi connectivity index (χ3n) is 18.3. The summed E-state index contributed by atoms with van der Waals surface area (Å²) in [4.78, 5) is 121. The molecule has 9 aliphatic rings. The van der Waals surface area contributed by atoms with Gasteiger partial charge in [0, 0.05) is 89.7 Å². The first-order valence-corrected chi connectivity index (χ1v) is 33.3. The van der Waals surface area contributed by atoms with E-state index in [9.17, 15) is 43.2 Å². The largest absolute Gasteiger partial charge is 0.489 e. The molecule has 9 aliphatic heterocycles. The second-order valence-electron chi connectivity index (χ2n) is 25.2. The third kappa shape index (κ3) is 15.9. The summed E-state index contributed by atoms with van der Waals surface area (Å²) in [6.45, 7) is 3.61. The van der Waals surface area contributed by atoms with Crippen molar-refractivity contribution in [2.24, 2.45) is 0 Å². The minimum atomic E-state index is -2.37. The van der Waals surface area contributed by atoms with Crippen molar-refractivity contribution in [3.05, 3.63) is 231 Å². The molecule has 3 N–H and O–H groups in total. The van der Waals surface area contributed by atoms with Gasteiger partial charge in [-0.25, -0.2) is 0 Å². The van der Waals surface area contributed by atoms with Gasteiger partial charge in [-0.1, -0.05) is 111 Å². The van der Waals surface area contributed by atoms with Crippen molar-refractivity contribution in [2.45, 2.75) is 116 Å². The smallest absolute Gasteiger partial charge is 0.255 e. The molecule has 102 heavy (non-hydrogen) atoms. The van der Waals surface area contributed by atoms with Gasteiger partial charge in [-0.3, -0.25) is 43.2 Å². The Bertz CT molecular complexity index is 4960. The van der Waals surface area contributed by atoms with E-state index in [0.717, 1.165) is 4.90 Å². The number of nitrogens with zero attached hydrogens (tertiary/aromatic N) is 6. The number of allylic oxidation sites excluding steroid dienone is 3. The molecule has 5 atom stereocenters. The molecule has 9 amide bonds. The van der Waals surface area contributed by atoms with E-state index >= 15 is 0 Å². The highest BCUT2D eigenvalue weighted by Crippen LogP contribution is 2.38. The average Bonchev–Trinajstić information content (AvgIpc) is 1.59. The highest BCUT2D eigenvalue weighted by Gasteiger charge is 2.43. The van der Waals surface area contributed by atoms with Crippen LogP contribution in [-0.2, 0) is 102 Å². The lowest BCUT2D eigenvalue weighted by molar-refractivity contribution is -0.144. The van der Waals surface area contributed by atoms with Crippen molar-refractivity contribution >= 4 is 53.2 Å². The maximum Gasteiger partial charge on any atom is 0.255 e. The molecule has 0 aromatic heterocycles. The molecule has 6 fully saturated rings. The summed E-state index contributed by atoms with van der Waals surface area (Å²) >= 11 is 0. The van der Waals surface area contributed by atoms with Gasteiger partial charge >= 0.3 is 0 Å². The maximum absolute atomic E-state index is 13.1. The standard InChI is InChI=1S/3C26H27N3O5/c3*1-17-5-10-22(25(31)27-17)29-14-21-20(26(29)32)3-2-4-23(21)34-15-19-8-6-18(7-9-19)13-28-11-12-33-16-24(28)30/h3*2-4,6-9,22H,1,5,10-16H2,(H,27,31)/i6D,7D,8D,15D;6D,13D,15D2;13D2,15D2. The van der Waals surface area contributed by atoms with Crippen LogP contribution in [0.1, 0.15) is 136 Å². The van der Waals surface area contributed by atoms with E-state index in [4.69, 9.17) is 44.9 Å². The van der Waals surface area contributed by atoms with Crippen LogP contribution in [-0.4, -0.2) is 160 Å². The first-order valence-electron chi connectivity index (χ1n) is 39.4. The van der Waals surface area contributed by atoms with E-state index in [1.54, 1.807) is 54.6 Å². The number of fused-ring (bicyclic) bond motifs is 3. The monoisotopic (exact) mass is 1400 g/mol. The zero-order valence-electron chi connectivity index (χ0n) is 67.6. The fourth-order valence-electron chi connectivity index (χ4n) is 12.8. The molecule has 9 heterocycles. The molecule has 0 radical (unpaired) electrons. The number of ether oxygens (including phenoxy) is 6. The van der Waals surface area contributed by atoms with Crippen LogP contribution in [0.2, 0.25) is 0 Å². The molecule has 5 unspecified atom stereocenters. The Labute approximate surface area is 607 Å². The lowest BCUT2D eigenvalue weighted by Gasteiger charge is -2.31. The predicted molar refractivity (Wildman–Crippen MR) is 371 cm³/mol. The van der Waals surface area contributed by atoms with E-state index < -0.39 is 56.8 Å². The van der Waals surface area contributed by atoms with Crippen LogP contribution in [0.3, 0.4) is 0 Å². The molecular weight excluding hydrogens is 1300 g/mol. The zero-order valence-corrected chi connectivity index (χ0v) is 55.6. The van der Waals surface area contributed by atoms with Gasteiger partial charge in [0.1, 0.15) is 74.9 Å². The van der Waals surface area contributed by atoms with Crippen LogP contribution in [0.25, 0.3) is 0 Å². The van der Waals surface area contributed by atoms with Gasteiger partial charge < -0.3 is 73.8 Å². The topological polar surface area (TPSA) is 265 Å². The third-order valence-corrected chi connectivity index (χ3v) is 18.3. The molecule has 528 valence electrons. The van der Waals surface area contributed by atoms with Crippen LogP contribution in [0.15, 0.2) is 164 Å². The molecular formula is C78H81N9O15. The number of piperidine rings is 3. The summed E-state index contributed by atoms with van der Waals surface area (Å²) in [6, 6.07) is 23.0. The summed E-state index contributed by atoms with van der Waals surface area (Å²) in [5, 5.41) is 8.08. The quantitative estimate of drug-likeness (QED) is 0.0774. The van der Waals surface area contributed by atoms with Gasteiger partial charge in [-0.15, -0.1) is 0 Å². The summed E-state index contributed by atoms with van der Waals surface area (Å²) in [5.41, 5.74) is 5.34. The number of carbonyl (C=O) groups excluding carboxylic acids is 9. The van der Waals surface area contributed by atoms with Gasteiger partial charge in [-0.05, 0) is 108 Å². The molecule has 6 aromatic rings. The SMILES string of the molecule is [2H]C([2H])(Oc1cccc2c1CN(C1CCC(=C)NC1=O)C2=O)c1ccc(C([2H])([2H])N2CCOCC2=O)cc1.[2H]c1cc(C([2H])([2H])Oc2cccc3c2CN(C2CCC(=C)NC2=O)C3=O)ccc1C([2H])N1CCOCC1=O.[2H]c1cc(C([2H])Oc2cccc3c2CN(C2CCC(=C)NC2=O)C3=O)c([2H])c([2H])c1CN1CCOCC1=O. The lowest BCUT2D eigenvalue weighted by atomic mass is 10.0. The minimum Gasteiger partial charge on any atom is -0.489 e. The molecule has 6 saturated heterocycles. The number of amides is 9.